The Balaban J connectivity index is 1.46. The smallest absolute Gasteiger partial charge is 0.295 e. The molecule has 3 heterocycles. The number of benzene rings is 2. The molecule has 0 bridgehead atoms. The summed E-state index contributed by atoms with van der Waals surface area (Å²) in [4.78, 5) is 19.4. The average Bonchev–Trinajstić information content (AvgIpc) is 3.22. The van der Waals surface area contributed by atoms with Crippen LogP contribution in [-0.4, -0.2) is 46.2 Å². The molecule has 2 aromatic heterocycles. The van der Waals surface area contributed by atoms with Gasteiger partial charge in [-0.2, -0.15) is 0 Å². The van der Waals surface area contributed by atoms with Crippen LogP contribution in [-0.2, 0) is 6.67 Å². The summed E-state index contributed by atoms with van der Waals surface area (Å²) in [6.45, 7) is 1.38. The summed E-state index contributed by atoms with van der Waals surface area (Å²) in [5, 5.41) is 20.1. The number of para-hydroxylation sites is 1. The number of amides is 1. The Labute approximate surface area is 215 Å². The number of fused-ring (bicyclic) bond motifs is 1. The van der Waals surface area contributed by atoms with E-state index in [9.17, 15) is 9.90 Å². The van der Waals surface area contributed by atoms with Crippen molar-refractivity contribution in [3.63, 3.8) is 0 Å². The minimum absolute atomic E-state index is 0.0272. The molecule has 1 saturated heterocycles. The van der Waals surface area contributed by atoms with Crippen LogP contribution in [0.3, 0.4) is 0 Å². The summed E-state index contributed by atoms with van der Waals surface area (Å²) in [5.74, 6) is 0.358. The van der Waals surface area contributed by atoms with Crippen LogP contribution in [0.4, 0.5) is 5.69 Å². The molecule has 0 unspecified atom stereocenters. The highest BCUT2D eigenvalue weighted by Crippen LogP contribution is 2.40. The summed E-state index contributed by atoms with van der Waals surface area (Å²) < 4.78 is 12.3. The third-order valence-electron chi connectivity index (χ3n) is 6.79. The molecule has 2 aromatic carbocycles. The van der Waals surface area contributed by atoms with Crippen LogP contribution in [0, 0.1) is 0 Å². The van der Waals surface area contributed by atoms with Crippen LogP contribution in [0.25, 0.3) is 10.9 Å². The van der Waals surface area contributed by atoms with Gasteiger partial charge >= 0.3 is 0 Å². The first-order valence-electron chi connectivity index (χ1n) is 12.2. The number of rotatable bonds is 7. The highest BCUT2D eigenvalue weighted by atomic mass is 16.5. The lowest BCUT2D eigenvalue weighted by molar-refractivity contribution is 0.0994. The average molecular weight is 500 g/mol. The number of azo groups is 1. The number of hydrogen-bond donors (Lipinski definition) is 1. The van der Waals surface area contributed by atoms with Crippen molar-refractivity contribution in [2.24, 2.45) is 10.2 Å². The van der Waals surface area contributed by atoms with E-state index in [1.54, 1.807) is 24.4 Å². The normalized spacial score (nSPS) is 16.3. The van der Waals surface area contributed by atoms with E-state index in [-0.39, 0.29) is 17.6 Å². The van der Waals surface area contributed by atoms with E-state index < -0.39 is 5.91 Å². The number of carbonyl (C=O) groups is 1. The van der Waals surface area contributed by atoms with Crippen molar-refractivity contribution in [3.05, 3.63) is 78.1 Å². The maximum Gasteiger partial charge on any atom is 0.295 e. The number of aromatic hydroxyl groups is 1. The predicted molar refractivity (Wildman–Crippen MR) is 140 cm³/mol. The van der Waals surface area contributed by atoms with Crippen molar-refractivity contribution >= 4 is 22.5 Å². The van der Waals surface area contributed by atoms with E-state index in [2.05, 4.69) is 26.2 Å². The zero-order valence-corrected chi connectivity index (χ0v) is 20.9. The number of piperidine rings is 1. The minimum atomic E-state index is -0.551. The molecule has 1 atom stereocenters. The van der Waals surface area contributed by atoms with E-state index in [0.29, 0.717) is 23.7 Å². The fraction of sp³-hybridized carbons (Fsp3) is 0.286. The van der Waals surface area contributed by atoms with Crippen LogP contribution in [0.2, 0.25) is 0 Å². The molecule has 4 aromatic rings. The summed E-state index contributed by atoms with van der Waals surface area (Å²) in [6.07, 6.45) is 6.95. The Morgan fingerprint density at radius 2 is 1.92 bits per heavy atom. The summed E-state index contributed by atoms with van der Waals surface area (Å²) >= 11 is 0. The van der Waals surface area contributed by atoms with Crippen molar-refractivity contribution < 1.29 is 19.4 Å². The topological polar surface area (TPSA) is 102 Å². The largest absolute Gasteiger partial charge is 0.493 e. The minimum Gasteiger partial charge on any atom is -0.493 e. The summed E-state index contributed by atoms with van der Waals surface area (Å²) in [7, 11) is 3.03. The van der Waals surface area contributed by atoms with E-state index in [1.807, 2.05) is 41.1 Å². The maximum absolute atomic E-state index is 12.8. The van der Waals surface area contributed by atoms with E-state index in [1.165, 1.54) is 19.8 Å². The first kappa shape index (κ1) is 24.5. The van der Waals surface area contributed by atoms with Gasteiger partial charge in [0, 0.05) is 35.9 Å². The quantitative estimate of drug-likeness (QED) is 0.319. The monoisotopic (exact) mass is 499 g/mol. The number of hydrogen-bond acceptors (Lipinski definition) is 7. The summed E-state index contributed by atoms with van der Waals surface area (Å²) in [5.41, 5.74) is 2.55. The zero-order valence-electron chi connectivity index (χ0n) is 20.9. The van der Waals surface area contributed by atoms with Gasteiger partial charge in [0.1, 0.15) is 0 Å². The van der Waals surface area contributed by atoms with Crippen molar-refractivity contribution in [2.75, 3.05) is 20.8 Å². The molecule has 1 N–H and O–H groups in total. The number of methoxy groups -OCH3 is 2. The van der Waals surface area contributed by atoms with E-state index in [0.717, 1.165) is 36.7 Å². The molecule has 0 saturated carbocycles. The molecular weight excluding hydrogens is 470 g/mol. The van der Waals surface area contributed by atoms with Gasteiger partial charge in [-0.25, -0.2) is 0 Å². The molecule has 0 radical (unpaired) electrons. The molecule has 37 heavy (non-hydrogen) atoms. The van der Waals surface area contributed by atoms with Crippen LogP contribution in [0.5, 0.6) is 17.4 Å². The third-order valence-corrected chi connectivity index (χ3v) is 6.79. The molecule has 9 nitrogen and oxygen atoms in total. The molecule has 0 spiro atoms. The van der Waals surface area contributed by atoms with Gasteiger partial charge in [0.2, 0.25) is 5.88 Å². The van der Waals surface area contributed by atoms with Crippen molar-refractivity contribution in [2.45, 2.75) is 32.0 Å². The van der Waals surface area contributed by atoms with Gasteiger partial charge in [0.25, 0.3) is 5.91 Å². The second kappa shape index (κ2) is 10.8. The zero-order chi connectivity index (χ0) is 25.8. The van der Waals surface area contributed by atoms with Gasteiger partial charge < -0.3 is 14.6 Å². The molecule has 0 aliphatic carbocycles. The Morgan fingerprint density at radius 3 is 2.70 bits per heavy atom. The van der Waals surface area contributed by atoms with Crippen LogP contribution >= 0.6 is 0 Å². The molecule has 1 aliphatic rings. The number of ether oxygens (including phenoxy) is 2. The standard InChI is InChI=1S/C28H29N5O4/c1-36-24-13-12-19(16-25(24)37-2)27(34)31-30-26-21-9-3-4-11-23(21)33(28(26)35)18-32-15-6-5-10-22(32)20-8-7-14-29-17-20/h3-4,7-9,11-14,16-17,22,35H,5-6,10,15,18H2,1-2H3/t22-/m1/s1. The highest BCUT2D eigenvalue weighted by Gasteiger charge is 2.27. The van der Waals surface area contributed by atoms with Crippen LogP contribution in [0.15, 0.2) is 77.2 Å². The van der Waals surface area contributed by atoms with E-state index >= 15 is 0 Å². The lowest BCUT2D eigenvalue weighted by Crippen LogP contribution is -2.34. The summed E-state index contributed by atoms with van der Waals surface area (Å²) in [6, 6.07) is 16.7. The molecular formula is C28H29N5O4. The Hall–Kier alpha value is -4.24. The first-order chi connectivity index (χ1) is 18.1. The first-order valence-corrected chi connectivity index (χ1v) is 12.2. The second-order valence-corrected chi connectivity index (χ2v) is 8.94. The SMILES string of the molecule is COc1ccc(C(=O)N=Nc2c(O)n(CN3CCCC[C@@H]3c3cccnc3)c3ccccc23)cc1OC. The second-order valence-electron chi connectivity index (χ2n) is 8.94. The number of carbonyl (C=O) groups excluding carboxylic acids is 1. The molecule has 5 rings (SSSR count). The van der Waals surface area contributed by atoms with Gasteiger partial charge in [-0.3, -0.25) is 19.2 Å². The molecule has 9 heteroatoms. The Kier molecular flexibility index (Phi) is 7.14. The lowest BCUT2D eigenvalue weighted by atomic mass is 9.97. The molecule has 1 aliphatic heterocycles. The van der Waals surface area contributed by atoms with Gasteiger partial charge in [0.15, 0.2) is 17.2 Å². The van der Waals surface area contributed by atoms with E-state index in [4.69, 9.17) is 9.47 Å². The van der Waals surface area contributed by atoms with Crippen LogP contribution < -0.4 is 9.47 Å². The van der Waals surface area contributed by atoms with Crippen molar-refractivity contribution in [3.8, 4) is 17.4 Å². The molecule has 190 valence electrons. The number of nitrogens with zero attached hydrogens (tertiary/aromatic N) is 5. The fourth-order valence-corrected chi connectivity index (χ4v) is 4.93. The molecule has 1 amide bonds. The van der Waals surface area contributed by atoms with Crippen LogP contribution in [0.1, 0.15) is 41.2 Å². The van der Waals surface area contributed by atoms with Gasteiger partial charge in [-0.1, -0.05) is 30.7 Å². The van der Waals surface area contributed by atoms with Crippen molar-refractivity contribution in [1.82, 2.24) is 14.5 Å². The highest BCUT2D eigenvalue weighted by molar-refractivity contribution is 5.97. The number of likely N-dealkylation sites (tertiary alicyclic amines) is 1. The van der Waals surface area contributed by atoms with Gasteiger partial charge in [0.05, 0.1) is 26.4 Å². The predicted octanol–water partition coefficient (Wildman–Crippen LogP) is 5.87. The number of aromatic nitrogens is 2. The van der Waals surface area contributed by atoms with Gasteiger partial charge in [-0.05, 0) is 48.7 Å². The van der Waals surface area contributed by atoms with Gasteiger partial charge in [-0.15, -0.1) is 10.2 Å². The lowest BCUT2D eigenvalue weighted by Gasteiger charge is -2.36. The number of pyridine rings is 1. The van der Waals surface area contributed by atoms with Crippen molar-refractivity contribution in [1.29, 1.82) is 0 Å². The maximum atomic E-state index is 12.8. The Morgan fingerprint density at radius 1 is 1.08 bits per heavy atom. The Bertz CT molecular complexity index is 1430. The fourth-order valence-electron chi connectivity index (χ4n) is 4.93. The third kappa shape index (κ3) is 4.90. The molecule has 1 fully saturated rings.